The van der Waals surface area contributed by atoms with E-state index in [1.165, 1.54) is 12.1 Å². The van der Waals surface area contributed by atoms with Crippen LogP contribution in [0, 0.1) is 0 Å². The van der Waals surface area contributed by atoms with Crippen molar-refractivity contribution in [2.75, 3.05) is 26.4 Å². The molecule has 244 valence electrons. The number of hydrogen-bond acceptors (Lipinski definition) is 8. The van der Waals surface area contributed by atoms with E-state index in [2.05, 4.69) is 19.9 Å². The van der Waals surface area contributed by atoms with Gasteiger partial charge in [-0.05, 0) is 25.0 Å². The van der Waals surface area contributed by atoms with E-state index in [4.69, 9.17) is 18.9 Å². The molecule has 1 aliphatic rings. The Hall–Kier alpha value is -4.62. The third kappa shape index (κ3) is 7.96. The maximum atomic E-state index is 13.1. The predicted molar refractivity (Wildman–Crippen MR) is 153 cm³/mol. The number of alkyl halides is 6. The molecule has 0 spiro atoms. The second-order valence-electron chi connectivity index (χ2n) is 10.4. The highest BCUT2D eigenvalue weighted by Crippen LogP contribution is 2.66. The fourth-order valence-corrected chi connectivity index (χ4v) is 5.69. The van der Waals surface area contributed by atoms with E-state index in [-0.39, 0.29) is 37.0 Å². The molecule has 1 saturated carbocycles. The zero-order chi connectivity index (χ0) is 32.9. The Morgan fingerprint density at radius 2 is 0.891 bits per heavy atom. The van der Waals surface area contributed by atoms with Crippen LogP contribution in [-0.4, -0.2) is 58.7 Å². The van der Waals surface area contributed by atoms with Crippen molar-refractivity contribution in [3.8, 4) is 23.8 Å². The van der Waals surface area contributed by atoms with Gasteiger partial charge in [-0.25, -0.2) is 0 Å². The molecule has 0 unspecified atom stereocenters. The molecular weight excluding hydrogens is 618 g/mol. The van der Waals surface area contributed by atoms with Gasteiger partial charge in [0.25, 0.3) is 0 Å². The van der Waals surface area contributed by atoms with Crippen LogP contribution in [0.4, 0.5) is 26.3 Å². The molecule has 5 rings (SSSR count). The summed E-state index contributed by atoms with van der Waals surface area (Å²) < 4.78 is 99.5. The molecule has 2 aromatic heterocycles. The third-order valence-electron chi connectivity index (χ3n) is 7.32. The normalized spacial score (nSPS) is 19.7. The monoisotopic (exact) mass is 648 g/mol. The standard InChI is InChI=1S/C32H30F6N4O4/c1-3-43-29-39-21(15-23(41-29)45-17-31(33,34)35)27-25(19-11-7-5-8-12-19)28(26(27)20-13-9-6-10-14-20)22-16-24(46-18-32(36,37)38)42-30(40-22)44-4-2/h5-16,25-28H,3-4,17-18H2,1-2H3/t25-,26-,27-,28+. The number of aromatic nitrogens is 4. The van der Waals surface area contributed by atoms with E-state index in [0.717, 1.165) is 11.1 Å². The number of nitrogens with zero attached hydrogens (tertiary/aromatic N) is 4. The fraction of sp³-hybridized carbons (Fsp3) is 0.375. The van der Waals surface area contributed by atoms with E-state index in [0.29, 0.717) is 11.4 Å². The Morgan fingerprint density at radius 3 is 1.22 bits per heavy atom. The van der Waals surface area contributed by atoms with E-state index in [1.54, 1.807) is 13.8 Å². The molecule has 8 nitrogen and oxygen atoms in total. The van der Waals surface area contributed by atoms with E-state index in [9.17, 15) is 26.3 Å². The molecule has 0 saturated heterocycles. The first-order valence-corrected chi connectivity index (χ1v) is 14.5. The first-order valence-electron chi connectivity index (χ1n) is 14.5. The molecule has 2 aromatic carbocycles. The minimum absolute atomic E-state index is 0.150. The molecule has 4 aromatic rings. The van der Waals surface area contributed by atoms with Gasteiger partial charge in [0.1, 0.15) is 0 Å². The molecular formula is C32H30F6N4O4. The molecule has 1 aliphatic carbocycles. The summed E-state index contributed by atoms with van der Waals surface area (Å²) in [5.41, 5.74) is 2.41. The maximum absolute atomic E-state index is 13.1. The predicted octanol–water partition coefficient (Wildman–Crippen LogP) is 7.39. The summed E-state index contributed by atoms with van der Waals surface area (Å²) in [6.07, 6.45) is -9.20. The summed E-state index contributed by atoms with van der Waals surface area (Å²) in [5.74, 6) is -2.39. The molecule has 0 radical (unpaired) electrons. The van der Waals surface area contributed by atoms with E-state index in [1.807, 2.05) is 60.7 Å². The van der Waals surface area contributed by atoms with Crippen molar-refractivity contribution < 1.29 is 45.3 Å². The molecule has 0 aliphatic heterocycles. The van der Waals surface area contributed by atoms with Gasteiger partial charge < -0.3 is 18.9 Å². The quantitative estimate of drug-likeness (QED) is 0.147. The summed E-state index contributed by atoms with van der Waals surface area (Å²) in [6, 6.07) is 21.0. The molecule has 0 amide bonds. The molecule has 1 fully saturated rings. The summed E-state index contributed by atoms with van der Waals surface area (Å²) >= 11 is 0. The summed E-state index contributed by atoms with van der Waals surface area (Å²) in [4.78, 5) is 17.2. The molecule has 46 heavy (non-hydrogen) atoms. The van der Waals surface area contributed by atoms with Crippen molar-refractivity contribution in [1.82, 2.24) is 19.9 Å². The number of halogens is 6. The molecule has 0 atom stereocenters. The molecule has 0 N–H and O–H groups in total. The lowest BCUT2D eigenvalue weighted by Gasteiger charge is -2.52. The molecule has 14 heteroatoms. The van der Waals surface area contributed by atoms with Crippen molar-refractivity contribution in [1.29, 1.82) is 0 Å². The topological polar surface area (TPSA) is 88.5 Å². The zero-order valence-corrected chi connectivity index (χ0v) is 24.8. The highest BCUT2D eigenvalue weighted by molar-refractivity contribution is 5.47. The highest BCUT2D eigenvalue weighted by atomic mass is 19.4. The van der Waals surface area contributed by atoms with E-state index >= 15 is 0 Å². The SMILES string of the molecule is CCOc1nc(OCC(F)(F)F)cc([C@H]2[C@H](c3ccccc3)[C@@H](c3cc(OCC(F)(F)F)nc(OCC)n3)[C@H]2c2ccccc2)n1. The fourth-order valence-electron chi connectivity index (χ4n) is 5.69. The maximum Gasteiger partial charge on any atom is 0.422 e. The van der Waals surface area contributed by atoms with Crippen LogP contribution in [-0.2, 0) is 0 Å². The Kier molecular flexibility index (Phi) is 9.82. The number of hydrogen-bond donors (Lipinski definition) is 0. The van der Waals surface area contributed by atoms with Gasteiger partial charge in [0, 0.05) is 35.8 Å². The second kappa shape index (κ2) is 13.8. The van der Waals surface area contributed by atoms with Crippen molar-refractivity contribution in [2.45, 2.75) is 49.9 Å². The van der Waals surface area contributed by atoms with Crippen LogP contribution >= 0.6 is 0 Å². The highest BCUT2D eigenvalue weighted by Gasteiger charge is 2.54. The van der Waals surface area contributed by atoms with Crippen LogP contribution < -0.4 is 18.9 Å². The molecule has 2 heterocycles. The second-order valence-corrected chi connectivity index (χ2v) is 10.4. The molecule has 0 bridgehead atoms. The average Bonchev–Trinajstić information content (AvgIpc) is 2.99. The van der Waals surface area contributed by atoms with Gasteiger partial charge in [0.2, 0.25) is 11.8 Å². The van der Waals surface area contributed by atoms with Gasteiger partial charge in [0.15, 0.2) is 13.2 Å². The average molecular weight is 649 g/mol. The largest absolute Gasteiger partial charge is 0.468 e. The lowest BCUT2D eigenvalue weighted by molar-refractivity contribution is -0.154. The van der Waals surface area contributed by atoms with Gasteiger partial charge >= 0.3 is 24.4 Å². The van der Waals surface area contributed by atoms with Crippen LogP contribution in [0.15, 0.2) is 72.8 Å². The lowest BCUT2D eigenvalue weighted by Crippen LogP contribution is -2.41. The lowest BCUT2D eigenvalue weighted by atomic mass is 9.50. The van der Waals surface area contributed by atoms with Crippen molar-refractivity contribution in [3.63, 3.8) is 0 Å². The van der Waals surface area contributed by atoms with Crippen LogP contribution in [0.25, 0.3) is 0 Å². The Labute approximate surface area is 260 Å². The van der Waals surface area contributed by atoms with Gasteiger partial charge in [-0.3, -0.25) is 0 Å². The minimum Gasteiger partial charge on any atom is -0.468 e. The van der Waals surface area contributed by atoms with Gasteiger partial charge in [-0.2, -0.15) is 46.3 Å². The van der Waals surface area contributed by atoms with E-state index < -0.39 is 49.2 Å². The van der Waals surface area contributed by atoms with Gasteiger partial charge in [0.05, 0.1) is 24.6 Å². The number of benzene rings is 2. The summed E-state index contributed by atoms with van der Waals surface area (Å²) in [6.45, 7) is 0.565. The van der Waals surface area contributed by atoms with Crippen molar-refractivity contribution >= 4 is 0 Å². The minimum atomic E-state index is -4.60. The van der Waals surface area contributed by atoms with Gasteiger partial charge in [-0.1, -0.05) is 60.7 Å². The smallest absolute Gasteiger partial charge is 0.422 e. The zero-order valence-electron chi connectivity index (χ0n) is 24.8. The van der Waals surface area contributed by atoms with Crippen LogP contribution in [0.3, 0.4) is 0 Å². The van der Waals surface area contributed by atoms with Crippen molar-refractivity contribution in [3.05, 3.63) is 95.3 Å². The van der Waals surface area contributed by atoms with Crippen LogP contribution in [0.2, 0.25) is 0 Å². The third-order valence-corrected chi connectivity index (χ3v) is 7.32. The van der Waals surface area contributed by atoms with Gasteiger partial charge in [-0.15, -0.1) is 0 Å². The Bertz CT molecular complexity index is 1460. The number of ether oxygens (including phenoxy) is 4. The Morgan fingerprint density at radius 1 is 0.522 bits per heavy atom. The number of rotatable bonds is 12. The Balaban J connectivity index is 1.67. The first-order chi connectivity index (χ1) is 22.0. The first kappa shape index (κ1) is 32.8. The summed E-state index contributed by atoms with van der Waals surface area (Å²) in [5, 5.41) is 0. The van der Waals surface area contributed by atoms with Crippen LogP contribution in [0.5, 0.6) is 23.8 Å². The summed E-state index contributed by atoms with van der Waals surface area (Å²) in [7, 11) is 0. The van der Waals surface area contributed by atoms with Crippen LogP contribution in [0.1, 0.15) is 60.0 Å². The van der Waals surface area contributed by atoms with Crippen molar-refractivity contribution in [2.24, 2.45) is 0 Å².